The zero-order chi connectivity index (χ0) is 25.7. The number of azide groups is 1. The molecule has 1 aromatic carbocycles. The van der Waals surface area contributed by atoms with E-state index < -0.39 is 29.7 Å². The molecule has 0 saturated carbocycles. The predicted molar refractivity (Wildman–Crippen MR) is 134 cm³/mol. The Morgan fingerprint density at radius 1 is 1.18 bits per heavy atom. The summed E-state index contributed by atoms with van der Waals surface area (Å²) in [4.78, 5) is 27.3. The van der Waals surface area contributed by atoms with Gasteiger partial charge in [0.25, 0.3) is 0 Å². The first-order valence-electron chi connectivity index (χ1n) is 11.5. The first-order chi connectivity index (χ1) is 15.9. The number of hydrogen-bond acceptors (Lipinski definition) is 6. The molecular formula is C26H38N4O4. The number of rotatable bonds is 12. The van der Waals surface area contributed by atoms with Crippen LogP contribution >= 0.6 is 0 Å². The van der Waals surface area contributed by atoms with Crippen LogP contribution in [0.15, 0.2) is 47.6 Å². The highest BCUT2D eigenvalue weighted by molar-refractivity contribution is 5.82. The molecule has 0 saturated heterocycles. The molecule has 34 heavy (non-hydrogen) atoms. The number of nitrogens with two attached hydrogens (primary N) is 1. The Morgan fingerprint density at radius 3 is 2.38 bits per heavy atom. The summed E-state index contributed by atoms with van der Waals surface area (Å²) in [6.45, 7) is 11.6. The van der Waals surface area contributed by atoms with Crippen LogP contribution in [0.5, 0.6) is 0 Å². The third-order valence-electron chi connectivity index (χ3n) is 4.80. The van der Waals surface area contributed by atoms with E-state index in [4.69, 9.17) is 20.7 Å². The van der Waals surface area contributed by atoms with Gasteiger partial charge in [-0.3, -0.25) is 4.79 Å². The van der Waals surface area contributed by atoms with Gasteiger partial charge in [0.2, 0.25) is 0 Å². The number of ether oxygens (including phenoxy) is 2. The van der Waals surface area contributed by atoms with Crippen molar-refractivity contribution < 1.29 is 19.1 Å². The summed E-state index contributed by atoms with van der Waals surface area (Å²) >= 11 is 0. The maximum Gasteiger partial charge on any atom is 0.330 e. The number of benzene rings is 1. The van der Waals surface area contributed by atoms with Crippen molar-refractivity contribution in [3.63, 3.8) is 0 Å². The summed E-state index contributed by atoms with van der Waals surface area (Å²) in [5.74, 6) is -0.765. The summed E-state index contributed by atoms with van der Waals surface area (Å²) in [6, 6.07) is 6.94. The van der Waals surface area contributed by atoms with Gasteiger partial charge in [-0.1, -0.05) is 68.4 Å². The van der Waals surface area contributed by atoms with Crippen LogP contribution in [0.2, 0.25) is 0 Å². The Morgan fingerprint density at radius 2 is 1.82 bits per heavy atom. The van der Waals surface area contributed by atoms with Crippen molar-refractivity contribution in [2.24, 2.45) is 22.7 Å². The molecule has 0 fully saturated rings. The average Bonchev–Trinajstić information content (AvgIpc) is 2.74. The number of carbonyl (C=O) groups excluding carboxylic acids is 2. The molecule has 0 aliphatic carbocycles. The minimum absolute atomic E-state index is 0.138. The van der Waals surface area contributed by atoms with Crippen molar-refractivity contribution >= 4 is 18.0 Å². The Labute approximate surface area is 202 Å². The Kier molecular flexibility index (Phi) is 12.1. The molecule has 8 heteroatoms. The molecular weight excluding hydrogens is 432 g/mol. The van der Waals surface area contributed by atoms with Crippen molar-refractivity contribution in [1.82, 2.24) is 0 Å². The summed E-state index contributed by atoms with van der Waals surface area (Å²) in [6.07, 6.45) is 7.30. The van der Waals surface area contributed by atoms with Crippen molar-refractivity contribution in [3.8, 4) is 0 Å². The van der Waals surface area contributed by atoms with E-state index in [1.165, 1.54) is 6.08 Å². The number of esters is 2. The lowest BCUT2D eigenvalue weighted by Gasteiger charge is -2.23. The van der Waals surface area contributed by atoms with E-state index in [1.54, 1.807) is 26.8 Å². The molecule has 0 radical (unpaired) electrons. The van der Waals surface area contributed by atoms with Gasteiger partial charge in [0.1, 0.15) is 17.7 Å². The van der Waals surface area contributed by atoms with Crippen molar-refractivity contribution in [2.75, 3.05) is 0 Å². The van der Waals surface area contributed by atoms with Crippen LogP contribution in [0.25, 0.3) is 16.5 Å². The van der Waals surface area contributed by atoms with Gasteiger partial charge in [0.15, 0.2) is 0 Å². The van der Waals surface area contributed by atoms with E-state index in [-0.39, 0.29) is 11.8 Å². The summed E-state index contributed by atoms with van der Waals surface area (Å²) in [7, 11) is 0. The third kappa shape index (κ3) is 12.2. The Balaban J connectivity index is 2.91. The Bertz CT molecular complexity index is 894. The van der Waals surface area contributed by atoms with Crippen LogP contribution in [0, 0.1) is 11.8 Å². The molecule has 186 valence electrons. The second-order valence-electron chi connectivity index (χ2n) is 9.73. The molecule has 0 heterocycles. The molecule has 2 N–H and O–H groups in total. The number of nitrogens with zero attached hydrogens (tertiary/aromatic N) is 3. The van der Waals surface area contributed by atoms with Crippen LogP contribution in [-0.4, -0.2) is 29.7 Å². The second kappa shape index (κ2) is 14.2. The highest BCUT2D eigenvalue weighted by Gasteiger charge is 2.24. The van der Waals surface area contributed by atoms with E-state index in [0.29, 0.717) is 19.4 Å². The first-order valence-corrected chi connectivity index (χ1v) is 11.5. The standard InChI is InChI=1S/C26H38N4O4/c1-18(2)16-22(27)25(32)33-23(8-7-9-24(31)34-26(4,5)6)19(3)10-11-20-12-14-21(15-13-20)17-29-30-28/h7,9-15,18-19,22-23H,8,16-17,27H2,1-6H3/b9-7+,11-10+/t19?,22?,23-/m0/s1. The van der Waals surface area contributed by atoms with E-state index in [9.17, 15) is 9.59 Å². The molecule has 1 rings (SSSR count). The smallest absolute Gasteiger partial charge is 0.330 e. The topological polar surface area (TPSA) is 127 Å². The SMILES string of the molecule is CC(C)CC(N)C(=O)O[C@@H](C/C=C/C(=O)OC(C)(C)C)C(C)/C=C/c1ccc(CN=[N+]=[N-])cc1. The first kappa shape index (κ1) is 28.9. The van der Waals surface area contributed by atoms with Crippen LogP contribution in [0.3, 0.4) is 0 Å². The number of carbonyl (C=O) groups is 2. The normalized spacial score (nSPS) is 14.6. The fourth-order valence-corrected chi connectivity index (χ4v) is 3.08. The molecule has 3 atom stereocenters. The maximum absolute atomic E-state index is 12.6. The fraction of sp³-hybridized carbons (Fsp3) is 0.538. The fourth-order valence-electron chi connectivity index (χ4n) is 3.08. The van der Waals surface area contributed by atoms with Crippen LogP contribution in [0.4, 0.5) is 0 Å². The highest BCUT2D eigenvalue weighted by atomic mass is 16.6. The van der Waals surface area contributed by atoms with E-state index in [1.807, 2.05) is 57.2 Å². The van der Waals surface area contributed by atoms with Gasteiger partial charge in [-0.25, -0.2) is 4.79 Å². The van der Waals surface area contributed by atoms with Gasteiger partial charge in [0, 0.05) is 23.3 Å². The molecule has 1 aromatic rings. The lowest BCUT2D eigenvalue weighted by molar-refractivity contribution is -0.152. The molecule has 0 aliphatic rings. The van der Waals surface area contributed by atoms with Gasteiger partial charge in [0.05, 0.1) is 6.54 Å². The van der Waals surface area contributed by atoms with Crippen molar-refractivity contribution in [2.45, 2.75) is 78.7 Å². The number of hydrogen-bond donors (Lipinski definition) is 1. The van der Waals surface area contributed by atoms with Crippen LogP contribution in [0.1, 0.15) is 65.5 Å². The van der Waals surface area contributed by atoms with Gasteiger partial charge in [-0.05, 0) is 49.8 Å². The minimum atomic E-state index is -0.697. The van der Waals surface area contributed by atoms with E-state index >= 15 is 0 Å². The van der Waals surface area contributed by atoms with Crippen molar-refractivity contribution in [1.29, 1.82) is 0 Å². The molecule has 0 spiro atoms. The second-order valence-corrected chi connectivity index (χ2v) is 9.73. The molecule has 0 amide bonds. The molecule has 8 nitrogen and oxygen atoms in total. The van der Waals surface area contributed by atoms with Gasteiger partial charge in [-0.15, -0.1) is 0 Å². The zero-order valence-corrected chi connectivity index (χ0v) is 21.1. The summed E-state index contributed by atoms with van der Waals surface area (Å²) in [5, 5.41) is 3.55. The van der Waals surface area contributed by atoms with E-state index in [0.717, 1.165) is 11.1 Å². The molecule has 0 aromatic heterocycles. The quantitative estimate of drug-likeness (QED) is 0.137. The van der Waals surface area contributed by atoms with E-state index in [2.05, 4.69) is 10.0 Å². The lowest BCUT2D eigenvalue weighted by atomic mass is 9.99. The molecule has 0 bridgehead atoms. The monoisotopic (exact) mass is 470 g/mol. The highest BCUT2D eigenvalue weighted by Crippen LogP contribution is 2.18. The molecule has 0 aliphatic heterocycles. The maximum atomic E-state index is 12.6. The zero-order valence-electron chi connectivity index (χ0n) is 21.1. The van der Waals surface area contributed by atoms with Crippen molar-refractivity contribution in [3.05, 3.63) is 64.1 Å². The predicted octanol–water partition coefficient (Wildman–Crippen LogP) is 5.72. The van der Waals surface area contributed by atoms with Gasteiger partial charge in [-0.2, -0.15) is 0 Å². The van der Waals surface area contributed by atoms with Crippen LogP contribution < -0.4 is 5.73 Å². The van der Waals surface area contributed by atoms with Gasteiger partial charge < -0.3 is 15.2 Å². The average molecular weight is 471 g/mol. The lowest BCUT2D eigenvalue weighted by Crippen LogP contribution is -2.37. The largest absolute Gasteiger partial charge is 0.460 e. The Hall–Kier alpha value is -3.09. The molecule has 2 unspecified atom stereocenters. The summed E-state index contributed by atoms with van der Waals surface area (Å²) in [5.41, 5.74) is 15.7. The van der Waals surface area contributed by atoms with Gasteiger partial charge >= 0.3 is 11.9 Å². The van der Waals surface area contributed by atoms with Crippen LogP contribution in [-0.2, 0) is 25.6 Å². The minimum Gasteiger partial charge on any atom is -0.460 e. The summed E-state index contributed by atoms with van der Waals surface area (Å²) < 4.78 is 11.0. The third-order valence-corrected chi connectivity index (χ3v) is 4.80.